The molecule has 0 saturated carbocycles. The van der Waals surface area contributed by atoms with Crippen molar-refractivity contribution in [1.82, 2.24) is 4.72 Å². The van der Waals surface area contributed by atoms with Crippen molar-refractivity contribution in [3.05, 3.63) is 87.2 Å². The summed E-state index contributed by atoms with van der Waals surface area (Å²) in [7, 11) is -3.63. The van der Waals surface area contributed by atoms with Crippen molar-refractivity contribution in [3.63, 3.8) is 0 Å². The Bertz CT molecular complexity index is 999. The second-order valence-electron chi connectivity index (χ2n) is 6.50. The maximum absolute atomic E-state index is 13.1. The van der Waals surface area contributed by atoms with E-state index in [2.05, 4.69) is 20.7 Å². The predicted octanol–water partition coefficient (Wildman–Crippen LogP) is 5.26. The monoisotopic (exact) mass is 449 g/mol. The molecule has 0 aliphatic carbocycles. The molecular weight excluding hydrogens is 430 g/mol. The van der Waals surface area contributed by atoms with Crippen molar-refractivity contribution in [3.8, 4) is 0 Å². The van der Waals surface area contributed by atoms with Gasteiger partial charge < -0.3 is 0 Å². The minimum atomic E-state index is -3.63. The van der Waals surface area contributed by atoms with Crippen LogP contribution in [0.2, 0.25) is 0 Å². The van der Waals surface area contributed by atoms with Crippen molar-refractivity contribution in [1.29, 1.82) is 0 Å². The number of aryl methyl sites for hydroxylation is 1. The first kappa shape index (κ1) is 19.3. The van der Waals surface area contributed by atoms with Crippen molar-refractivity contribution in [2.24, 2.45) is 0 Å². The Kier molecular flexibility index (Phi) is 5.67. The van der Waals surface area contributed by atoms with Gasteiger partial charge in [-0.15, -0.1) is 11.3 Å². The molecule has 0 bridgehead atoms. The fourth-order valence-electron chi connectivity index (χ4n) is 3.04. The molecule has 1 N–H and O–H groups in total. The first-order chi connectivity index (χ1) is 12.3. The number of halogens is 1. The molecule has 0 aliphatic rings. The third kappa shape index (κ3) is 4.26. The van der Waals surface area contributed by atoms with Crippen LogP contribution in [-0.2, 0) is 22.0 Å². The van der Waals surface area contributed by atoms with Crippen LogP contribution in [0.25, 0.3) is 0 Å². The minimum Gasteiger partial charge on any atom is -0.206 e. The molecule has 3 aromatic rings. The molecule has 1 heterocycles. The second-order valence-corrected chi connectivity index (χ2v) is 10.2. The Morgan fingerprint density at radius 3 is 2.42 bits per heavy atom. The highest BCUT2D eigenvalue weighted by molar-refractivity contribution is 9.10. The van der Waals surface area contributed by atoms with Crippen LogP contribution in [0.4, 0.5) is 0 Å². The zero-order valence-corrected chi connectivity index (χ0v) is 17.8. The van der Waals surface area contributed by atoms with E-state index in [9.17, 15) is 8.42 Å². The predicted molar refractivity (Wildman–Crippen MR) is 111 cm³/mol. The Labute approximate surface area is 167 Å². The molecule has 3 nitrogen and oxygen atoms in total. The van der Waals surface area contributed by atoms with Crippen molar-refractivity contribution >= 4 is 37.3 Å². The smallest absolute Gasteiger partial charge is 0.206 e. The lowest BCUT2D eigenvalue weighted by molar-refractivity contribution is 0.428. The molecule has 26 heavy (non-hydrogen) atoms. The number of thiophene rings is 1. The number of hydrogen-bond acceptors (Lipinski definition) is 3. The molecule has 3 rings (SSSR count). The lowest BCUT2D eigenvalue weighted by atomic mass is 9.87. The van der Waals surface area contributed by atoms with Crippen LogP contribution < -0.4 is 4.72 Å². The van der Waals surface area contributed by atoms with Gasteiger partial charge in [-0.2, -0.15) is 4.72 Å². The topological polar surface area (TPSA) is 46.2 Å². The van der Waals surface area contributed by atoms with Gasteiger partial charge in [0.1, 0.15) is 4.21 Å². The molecule has 0 radical (unpaired) electrons. The standard InChI is InChI=1S/C20H20BrNO2S2/c1-15-11-12-25-19(15)26(23,24)22-20(2,17-8-4-3-5-9-17)14-16-7-6-10-18(21)13-16/h3-13,22H,14H2,1-2H3. The highest BCUT2D eigenvalue weighted by Crippen LogP contribution is 2.31. The molecule has 1 aromatic heterocycles. The van der Waals surface area contributed by atoms with Gasteiger partial charge in [-0.1, -0.05) is 58.4 Å². The van der Waals surface area contributed by atoms with Gasteiger partial charge in [0.2, 0.25) is 0 Å². The summed E-state index contributed by atoms with van der Waals surface area (Å²) in [5.41, 5.74) is 1.98. The number of hydrogen-bond donors (Lipinski definition) is 1. The summed E-state index contributed by atoms with van der Waals surface area (Å²) in [4.78, 5) is 0. The minimum absolute atomic E-state index is 0.369. The third-order valence-electron chi connectivity index (χ3n) is 4.28. The molecule has 0 fully saturated rings. The molecule has 1 atom stereocenters. The van der Waals surface area contributed by atoms with Crippen LogP contribution in [-0.4, -0.2) is 8.42 Å². The Morgan fingerprint density at radius 2 is 1.81 bits per heavy atom. The Morgan fingerprint density at radius 1 is 1.08 bits per heavy atom. The molecule has 136 valence electrons. The van der Waals surface area contributed by atoms with Gasteiger partial charge in [0.15, 0.2) is 0 Å². The fourth-order valence-corrected chi connectivity index (χ4v) is 6.30. The van der Waals surface area contributed by atoms with Crippen molar-refractivity contribution < 1.29 is 8.42 Å². The second kappa shape index (κ2) is 7.64. The van der Waals surface area contributed by atoms with E-state index in [0.29, 0.717) is 10.6 Å². The molecule has 0 saturated heterocycles. The fraction of sp³-hybridized carbons (Fsp3) is 0.200. The average molecular weight is 450 g/mol. The molecule has 2 aromatic carbocycles. The average Bonchev–Trinajstić information content (AvgIpc) is 3.02. The molecule has 6 heteroatoms. The first-order valence-electron chi connectivity index (χ1n) is 8.18. The summed E-state index contributed by atoms with van der Waals surface area (Å²) in [5.74, 6) is 0. The van der Waals surface area contributed by atoms with Gasteiger partial charge in [0.25, 0.3) is 10.0 Å². The van der Waals surface area contributed by atoms with Crippen LogP contribution in [0, 0.1) is 6.92 Å². The number of benzene rings is 2. The molecule has 1 unspecified atom stereocenters. The van der Waals surface area contributed by atoms with Crippen LogP contribution in [0.3, 0.4) is 0 Å². The summed E-state index contributed by atoms with van der Waals surface area (Å²) >= 11 is 4.73. The van der Waals surface area contributed by atoms with E-state index in [0.717, 1.165) is 21.2 Å². The van der Waals surface area contributed by atoms with Gasteiger partial charge in [-0.25, -0.2) is 8.42 Å². The highest BCUT2D eigenvalue weighted by atomic mass is 79.9. The van der Waals surface area contributed by atoms with E-state index >= 15 is 0 Å². The largest absolute Gasteiger partial charge is 0.251 e. The molecule has 0 spiro atoms. The lowest BCUT2D eigenvalue weighted by Gasteiger charge is -2.31. The highest BCUT2D eigenvalue weighted by Gasteiger charge is 2.33. The number of nitrogens with one attached hydrogen (secondary N) is 1. The van der Waals surface area contributed by atoms with Gasteiger partial charge in [0, 0.05) is 4.47 Å². The van der Waals surface area contributed by atoms with Crippen LogP contribution >= 0.6 is 27.3 Å². The SMILES string of the molecule is Cc1ccsc1S(=O)(=O)NC(C)(Cc1cccc(Br)c1)c1ccccc1. The van der Waals surface area contributed by atoms with Crippen LogP contribution in [0.1, 0.15) is 23.6 Å². The summed E-state index contributed by atoms with van der Waals surface area (Å²) in [6.07, 6.45) is 0.542. The molecule has 0 amide bonds. The van der Waals surface area contributed by atoms with Crippen LogP contribution in [0.5, 0.6) is 0 Å². The quantitative estimate of drug-likeness (QED) is 0.557. The molecular formula is C20H20BrNO2S2. The van der Waals surface area contributed by atoms with E-state index in [-0.39, 0.29) is 0 Å². The summed E-state index contributed by atoms with van der Waals surface area (Å²) in [6, 6.07) is 19.5. The summed E-state index contributed by atoms with van der Waals surface area (Å²) in [6.45, 7) is 3.75. The Hall–Kier alpha value is -1.47. The van der Waals surface area contributed by atoms with E-state index in [4.69, 9.17) is 0 Å². The van der Waals surface area contributed by atoms with E-state index in [1.54, 1.807) is 5.38 Å². The maximum atomic E-state index is 13.1. The first-order valence-corrected chi connectivity index (χ1v) is 11.3. The number of sulfonamides is 1. The molecule has 0 aliphatic heterocycles. The maximum Gasteiger partial charge on any atom is 0.251 e. The summed E-state index contributed by atoms with van der Waals surface area (Å²) < 4.78 is 30.4. The van der Waals surface area contributed by atoms with E-state index < -0.39 is 15.6 Å². The van der Waals surface area contributed by atoms with Gasteiger partial charge in [-0.3, -0.25) is 0 Å². The normalized spacial score (nSPS) is 14.1. The Balaban J connectivity index is 2.03. The summed E-state index contributed by atoms with van der Waals surface area (Å²) in [5, 5.41) is 1.80. The van der Waals surface area contributed by atoms with Gasteiger partial charge >= 0.3 is 0 Å². The van der Waals surface area contributed by atoms with Crippen LogP contribution in [0.15, 0.2) is 74.7 Å². The van der Waals surface area contributed by atoms with E-state index in [1.807, 2.05) is 74.5 Å². The van der Waals surface area contributed by atoms with Crippen molar-refractivity contribution in [2.45, 2.75) is 30.0 Å². The zero-order valence-electron chi connectivity index (χ0n) is 14.6. The van der Waals surface area contributed by atoms with E-state index in [1.165, 1.54) is 11.3 Å². The lowest BCUT2D eigenvalue weighted by Crippen LogP contribution is -2.45. The van der Waals surface area contributed by atoms with Gasteiger partial charge in [-0.05, 0) is 60.5 Å². The number of rotatable bonds is 6. The van der Waals surface area contributed by atoms with Crippen molar-refractivity contribution in [2.75, 3.05) is 0 Å². The third-order valence-corrected chi connectivity index (χ3v) is 8.05. The van der Waals surface area contributed by atoms with Gasteiger partial charge in [0.05, 0.1) is 5.54 Å². The zero-order chi connectivity index (χ0) is 18.8.